The molecule has 4 aromatic rings. The van der Waals surface area contributed by atoms with Crippen LogP contribution in [0, 0.1) is 24.3 Å². The fraction of sp³-hybridized carbons (Fsp3) is 0.0385. The third-order valence-electron chi connectivity index (χ3n) is 4.84. The van der Waals surface area contributed by atoms with Gasteiger partial charge in [-0.2, -0.15) is 5.26 Å². The standard InChI is InChI=1S/C26H16FI2NO/c27-23-8-4-3-7-21(23)16-31-26-24(28)12-17(13-25(26)29)11-22(15-30)20-10-9-18-5-1-2-6-19(18)14-20/h1-14H,16H2/b22-11-. The second-order valence-electron chi connectivity index (χ2n) is 6.93. The Hall–Kier alpha value is -2.44. The van der Waals surface area contributed by atoms with E-state index in [0.29, 0.717) is 16.9 Å². The Balaban J connectivity index is 1.62. The molecule has 0 radical (unpaired) electrons. The minimum absolute atomic E-state index is 0.161. The molecule has 0 unspecified atom stereocenters. The average molecular weight is 631 g/mol. The zero-order valence-electron chi connectivity index (χ0n) is 16.3. The van der Waals surface area contributed by atoms with Crippen molar-refractivity contribution in [3.63, 3.8) is 0 Å². The fourth-order valence-corrected chi connectivity index (χ4v) is 5.40. The summed E-state index contributed by atoms with van der Waals surface area (Å²) in [6, 6.07) is 27.0. The van der Waals surface area contributed by atoms with E-state index >= 15 is 0 Å². The summed E-state index contributed by atoms with van der Waals surface area (Å²) in [4.78, 5) is 0. The van der Waals surface area contributed by atoms with Crippen LogP contribution >= 0.6 is 45.2 Å². The van der Waals surface area contributed by atoms with Crippen LogP contribution in [0.2, 0.25) is 0 Å². The Bertz CT molecular complexity index is 1320. The molecule has 0 saturated carbocycles. The van der Waals surface area contributed by atoms with Gasteiger partial charge in [0.25, 0.3) is 0 Å². The number of rotatable bonds is 5. The highest BCUT2D eigenvalue weighted by molar-refractivity contribution is 14.1. The van der Waals surface area contributed by atoms with E-state index < -0.39 is 0 Å². The Morgan fingerprint density at radius 2 is 1.58 bits per heavy atom. The van der Waals surface area contributed by atoms with Gasteiger partial charge in [-0.15, -0.1) is 0 Å². The monoisotopic (exact) mass is 631 g/mol. The Morgan fingerprint density at radius 1 is 0.903 bits per heavy atom. The number of allylic oxidation sites excluding steroid dienone is 1. The maximum Gasteiger partial charge on any atom is 0.146 e. The molecule has 0 aromatic heterocycles. The molecular weight excluding hydrogens is 615 g/mol. The molecule has 0 heterocycles. The number of nitriles is 1. The highest BCUT2D eigenvalue weighted by Crippen LogP contribution is 2.32. The zero-order chi connectivity index (χ0) is 21.8. The third kappa shape index (κ3) is 5.08. The second kappa shape index (κ2) is 9.79. The summed E-state index contributed by atoms with van der Waals surface area (Å²) in [7, 11) is 0. The second-order valence-corrected chi connectivity index (χ2v) is 9.25. The van der Waals surface area contributed by atoms with Crippen LogP contribution < -0.4 is 4.74 Å². The van der Waals surface area contributed by atoms with E-state index in [1.807, 2.05) is 54.6 Å². The highest BCUT2D eigenvalue weighted by Gasteiger charge is 2.11. The molecule has 152 valence electrons. The maximum atomic E-state index is 13.9. The number of benzene rings is 4. The van der Waals surface area contributed by atoms with Gasteiger partial charge in [0, 0.05) is 5.56 Å². The van der Waals surface area contributed by atoms with Gasteiger partial charge in [0.1, 0.15) is 18.2 Å². The van der Waals surface area contributed by atoms with Gasteiger partial charge in [-0.3, -0.25) is 0 Å². The van der Waals surface area contributed by atoms with E-state index in [1.165, 1.54) is 6.07 Å². The van der Waals surface area contributed by atoms with Crippen molar-refractivity contribution in [3.05, 3.63) is 109 Å². The summed E-state index contributed by atoms with van der Waals surface area (Å²) in [5.74, 6) is 0.437. The van der Waals surface area contributed by atoms with Gasteiger partial charge in [-0.25, -0.2) is 4.39 Å². The minimum atomic E-state index is -0.277. The number of hydrogen-bond acceptors (Lipinski definition) is 2. The quantitative estimate of drug-likeness (QED) is 0.128. The van der Waals surface area contributed by atoms with Crippen molar-refractivity contribution in [1.29, 1.82) is 5.26 Å². The Morgan fingerprint density at radius 3 is 2.29 bits per heavy atom. The molecule has 0 atom stereocenters. The molecule has 0 bridgehead atoms. The van der Waals surface area contributed by atoms with Crippen LogP contribution in [-0.2, 0) is 6.61 Å². The summed E-state index contributed by atoms with van der Waals surface area (Å²) in [6.45, 7) is 0.161. The van der Waals surface area contributed by atoms with Crippen LogP contribution in [0.1, 0.15) is 16.7 Å². The van der Waals surface area contributed by atoms with Crippen LogP contribution in [0.5, 0.6) is 5.75 Å². The summed E-state index contributed by atoms with van der Waals surface area (Å²) < 4.78 is 21.6. The lowest BCUT2D eigenvalue weighted by Gasteiger charge is -2.12. The molecule has 2 nitrogen and oxygen atoms in total. The van der Waals surface area contributed by atoms with Crippen molar-refractivity contribution in [3.8, 4) is 11.8 Å². The molecule has 0 aliphatic carbocycles. The molecular formula is C26H16FI2NO. The number of hydrogen-bond donors (Lipinski definition) is 0. The summed E-state index contributed by atoms with van der Waals surface area (Å²) in [6.07, 6.45) is 1.88. The van der Waals surface area contributed by atoms with E-state index in [9.17, 15) is 9.65 Å². The molecule has 4 rings (SSSR count). The van der Waals surface area contributed by atoms with Crippen LogP contribution in [0.25, 0.3) is 22.4 Å². The third-order valence-corrected chi connectivity index (χ3v) is 6.44. The van der Waals surface area contributed by atoms with Crippen molar-refractivity contribution in [2.24, 2.45) is 0 Å². The van der Waals surface area contributed by atoms with E-state index in [0.717, 1.165) is 29.0 Å². The predicted octanol–water partition coefficient (Wildman–Crippen LogP) is 7.83. The van der Waals surface area contributed by atoms with E-state index in [-0.39, 0.29) is 12.4 Å². The Labute approximate surface area is 207 Å². The van der Waals surface area contributed by atoms with Gasteiger partial charge in [-0.05, 0) is 97.4 Å². The van der Waals surface area contributed by atoms with Gasteiger partial charge < -0.3 is 4.74 Å². The first kappa shape index (κ1) is 21.8. The Kier molecular flexibility index (Phi) is 6.88. The van der Waals surface area contributed by atoms with Crippen LogP contribution in [-0.4, -0.2) is 0 Å². The van der Waals surface area contributed by atoms with Crippen LogP contribution in [0.3, 0.4) is 0 Å². The first-order valence-corrected chi connectivity index (χ1v) is 11.7. The van der Waals surface area contributed by atoms with Crippen molar-refractivity contribution < 1.29 is 9.13 Å². The molecule has 0 aliphatic heterocycles. The normalized spacial score (nSPS) is 11.4. The molecule has 0 saturated heterocycles. The first-order chi connectivity index (χ1) is 15.0. The smallest absolute Gasteiger partial charge is 0.146 e. The highest BCUT2D eigenvalue weighted by atomic mass is 127. The molecule has 0 spiro atoms. The van der Waals surface area contributed by atoms with Crippen molar-refractivity contribution in [2.45, 2.75) is 6.61 Å². The number of nitrogens with zero attached hydrogens (tertiary/aromatic N) is 1. The lowest BCUT2D eigenvalue weighted by molar-refractivity contribution is 0.295. The fourth-order valence-electron chi connectivity index (χ4n) is 3.27. The SMILES string of the molecule is N#C/C(=C/c1cc(I)c(OCc2ccccc2F)c(I)c1)c1ccc2ccccc2c1. The maximum absolute atomic E-state index is 13.9. The first-order valence-electron chi connectivity index (χ1n) is 9.51. The molecule has 31 heavy (non-hydrogen) atoms. The lowest BCUT2D eigenvalue weighted by atomic mass is 10.0. The van der Waals surface area contributed by atoms with Crippen molar-refractivity contribution >= 4 is 67.6 Å². The minimum Gasteiger partial charge on any atom is -0.487 e. The summed E-state index contributed by atoms with van der Waals surface area (Å²) in [5, 5.41) is 12.0. The van der Waals surface area contributed by atoms with Gasteiger partial charge in [0.2, 0.25) is 0 Å². The average Bonchev–Trinajstić information content (AvgIpc) is 2.77. The number of ether oxygens (including phenoxy) is 1. The van der Waals surface area contributed by atoms with Gasteiger partial charge >= 0.3 is 0 Å². The van der Waals surface area contributed by atoms with E-state index in [2.05, 4.69) is 57.3 Å². The van der Waals surface area contributed by atoms with Crippen molar-refractivity contribution in [1.82, 2.24) is 0 Å². The van der Waals surface area contributed by atoms with Crippen LogP contribution in [0.4, 0.5) is 4.39 Å². The molecule has 0 amide bonds. The molecule has 0 fully saturated rings. The van der Waals surface area contributed by atoms with Crippen LogP contribution in [0.15, 0.2) is 78.9 Å². The lowest BCUT2D eigenvalue weighted by Crippen LogP contribution is -2.01. The number of fused-ring (bicyclic) bond motifs is 1. The largest absolute Gasteiger partial charge is 0.487 e. The zero-order valence-corrected chi connectivity index (χ0v) is 20.6. The predicted molar refractivity (Wildman–Crippen MR) is 140 cm³/mol. The summed E-state index contributed by atoms with van der Waals surface area (Å²) in [5.41, 5.74) is 2.90. The molecule has 4 aromatic carbocycles. The van der Waals surface area contributed by atoms with Crippen molar-refractivity contribution in [2.75, 3.05) is 0 Å². The van der Waals surface area contributed by atoms with Gasteiger partial charge in [0.15, 0.2) is 0 Å². The number of halogens is 3. The summed E-state index contributed by atoms with van der Waals surface area (Å²) >= 11 is 4.42. The van der Waals surface area contributed by atoms with Gasteiger partial charge in [-0.1, -0.05) is 54.6 Å². The molecule has 0 aliphatic rings. The van der Waals surface area contributed by atoms with Gasteiger partial charge in [0.05, 0.1) is 18.8 Å². The topological polar surface area (TPSA) is 33.0 Å². The molecule has 0 N–H and O–H groups in total. The van der Waals surface area contributed by atoms with E-state index in [1.54, 1.807) is 18.2 Å². The van der Waals surface area contributed by atoms with E-state index in [4.69, 9.17) is 4.74 Å². The molecule has 5 heteroatoms.